The average Bonchev–Trinajstić information content (AvgIpc) is 2.91. The number of nitrogens with one attached hydrogen (secondary N) is 2. The number of benzene rings is 2. The van der Waals surface area contributed by atoms with E-state index in [9.17, 15) is 14.4 Å². The minimum atomic E-state index is -0.889. The van der Waals surface area contributed by atoms with Crippen molar-refractivity contribution in [3.8, 4) is 0 Å². The highest BCUT2D eigenvalue weighted by Crippen LogP contribution is 2.26. The average molecular weight is 550 g/mol. The number of hydrogen-bond donors (Lipinski definition) is 2. The van der Waals surface area contributed by atoms with Crippen LogP contribution in [0.25, 0.3) is 6.08 Å². The minimum absolute atomic E-state index is 0.231. The van der Waals surface area contributed by atoms with E-state index in [1.54, 1.807) is 31.7 Å². The van der Waals surface area contributed by atoms with Crippen LogP contribution in [0.1, 0.15) is 90.0 Å². The Balaban J connectivity index is 2.49. The first-order valence-electron chi connectivity index (χ1n) is 14.3. The summed E-state index contributed by atoms with van der Waals surface area (Å²) in [6.45, 7) is 15.8. The number of unbranched alkanes of at least 4 members (excludes halogenated alkanes) is 3. The van der Waals surface area contributed by atoms with E-state index in [1.807, 2.05) is 68.4 Å². The van der Waals surface area contributed by atoms with Crippen molar-refractivity contribution < 1.29 is 19.1 Å². The molecule has 0 spiro atoms. The van der Waals surface area contributed by atoms with E-state index in [0.29, 0.717) is 18.7 Å². The second-order valence-electron chi connectivity index (χ2n) is 11.4. The Hall–Kier alpha value is -3.61. The van der Waals surface area contributed by atoms with Crippen LogP contribution in [0.4, 0.5) is 4.79 Å². The second-order valence-corrected chi connectivity index (χ2v) is 11.4. The topological polar surface area (TPSA) is 87.7 Å². The van der Waals surface area contributed by atoms with Crippen molar-refractivity contribution in [3.63, 3.8) is 0 Å². The zero-order valence-electron chi connectivity index (χ0n) is 25.0. The molecule has 0 saturated heterocycles. The summed E-state index contributed by atoms with van der Waals surface area (Å²) in [7, 11) is 0. The van der Waals surface area contributed by atoms with Gasteiger partial charge in [-0.1, -0.05) is 101 Å². The highest BCUT2D eigenvalue weighted by Gasteiger charge is 2.37. The normalized spacial score (nSPS) is 12.8. The summed E-state index contributed by atoms with van der Waals surface area (Å²) >= 11 is 0. The molecule has 2 rings (SSSR count). The molecular weight excluding hydrogens is 502 g/mol. The third-order valence-corrected chi connectivity index (χ3v) is 6.47. The maximum atomic E-state index is 14.3. The summed E-state index contributed by atoms with van der Waals surface area (Å²) in [5.41, 5.74) is 1.79. The van der Waals surface area contributed by atoms with Gasteiger partial charge in [-0.2, -0.15) is 0 Å². The van der Waals surface area contributed by atoms with Gasteiger partial charge in [0, 0.05) is 13.1 Å². The number of amides is 3. The van der Waals surface area contributed by atoms with Crippen LogP contribution >= 0.6 is 0 Å². The highest BCUT2D eigenvalue weighted by atomic mass is 16.6. The monoisotopic (exact) mass is 549 g/mol. The number of rotatable bonds is 14. The molecule has 40 heavy (non-hydrogen) atoms. The molecule has 2 aromatic rings. The SMILES string of the molecule is C=Cc1cccc(C(C(=O)NCc2ccccc2)N(CCCCCC)C(=O)C(NC(=O)OC(C)(C)C)C(C)C)c1. The quantitative estimate of drug-likeness (QED) is 0.259. The predicted octanol–water partition coefficient (Wildman–Crippen LogP) is 6.65. The molecule has 7 heteroatoms. The standard InChI is InChI=1S/C33H47N3O4/c1-8-10-11-15-21-36(31(38)28(24(3)4)35-32(39)40-33(5,6)7)29(27-20-16-19-25(9-2)22-27)30(37)34-23-26-17-13-12-14-18-26/h9,12-14,16-20,22,24,28-29H,2,8,10-11,15,21,23H2,1,3-7H3,(H,34,37)(H,35,39). The molecule has 0 saturated carbocycles. The van der Waals surface area contributed by atoms with Gasteiger partial charge in [0.2, 0.25) is 11.8 Å². The van der Waals surface area contributed by atoms with Crippen LogP contribution in [0.3, 0.4) is 0 Å². The molecular formula is C33H47N3O4. The molecule has 0 heterocycles. The molecule has 0 aliphatic carbocycles. The van der Waals surface area contributed by atoms with Gasteiger partial charge in [-0.05, 0) is 55.9 Å². The Morgan fingerprint density at radius 1 is 1.00 bits per heavy atom. The van der Waals surface area contributed by atoms with Crippen molar-refractivity contribution in [3.05, 3.63) is 77.9 Å². The van der Waals surface area contributed by atoms with Crippen molar-refractivity contribution in [2.24, 2.45) is 5.92 Å². The first-order chi connectivity index (χ1) is 19.0. The van der Waals surface area contributed by atoms with Crippen LogP contribution in [-0.4, -0.2) is 41.0 Å². The van der Waals surface area contributed by atoms with Gasteiger partial charge in [0.25, 0.3) is 0 Å². The Labute approximate surface area is 240 Å². The lowest BCUT2D eigenvalue weighted by Gasteiger charge is -2.36. The van der Waals surface area contributed by atoms with Crippen molar-refractivity contribution in [1.82, 2.24) is 15.5 Å². The van der Waals surface area contributed by atoms with E-state index in [4.69, 9.17) is 4.74 Å². The van der Waals surface area contributed by atoms with Crippen LogP contribution in [0.2, 0.25) is 0 Å². The van der Waals surface area contributed by atoms with E-state index >= 15 is 0 Å². The van der Waals surface area contributed by atoms with Crippen molar-refractivity contribution in [1.29, 1.82) is 0 Å². The molecule has 218 valence electrons. The first kappa shape index (κ1) is 32.6. The summed E-state index contributed by atoms with van der Waals surface area (Å²) in [6.07, 6.45) is 4.80. The molecule has 3 amide bonds. The van der Waals surface area contributed by atoms with Gasteiger partial charge in [-0.15, -0.1) is 0 Å². The van der Waals surface area contributed by atoms with Crippen molar-refractivity contribution >= 4 is 24.0 Å². The number of hydrogen-bond acceptors (Lipinski definition) is 4. The number of carbonyl (C=O) groups is 3. The fourth-order valence-corrected chi connectivity index (χ4v) is 4.41. The molecule has 2 atom stereocenters. The summed E-state index contributed by atoms with van der Waals surface area (Å²) < 4.78 is 5.46. The minimum Gasteiger partial charge on any atom is -0.444 e. The molecule has 2 unspecified atom stereocenters. The zero-order chi connectivity index (χ0) is 29.7. The van der Waals surface area contributed by atoms with Gasteiger partial charge >= 0.3 is 6.09 Å². The van der Waals surface area contributed by atoms with Gasteiger partial charge in [-0.3, -0.25) is 9.59 Å². The second kappa shape index (κ2) is 15.8. The third kappa shape index (κ3) is 10.5. The molecule has 2 aromatic carbocycles. The summed E-state index contributed by atoms with van der Waals surface area (Å²) in [4.78, 5) is 42.5. The molecule has 0 aliphatic heterocycles. The maximum absolute atomic E-state index is 14.3. The third-order valence-electron chi connectivity index (χ3n) is 6.47. The number of carbonyl (C=O) groups excluding carboxylic acids is 3. The van der Waals surface area contributed by atoms with Gasteiger partial charge < -0.3 is 20.3 Å². The molecule has 7 nitrogen and oxygen atoms in total. The van der Waals surface area contributed by atoms with Gasteiger partial charge in [0.05, 0.1) is 0 Å². The van der Waals surface area contributed by atoms with E-state index in [2.05, 4.69) is 24.1 Å². The van der Waals surface area contributed by atoms with Crippen molar-refractivity contribution in [2.75, 3.05) is 6.54 Å². The molecule has 0 aromatic heterocycles. The molecule has 0 fully saturated rings. The summed E-state index contributed by atoms with van der Waals surface area (Å²) in [6, 6.07) is 15.4. The number of nitrogens with zero attached hydrogens (tertiary/aromatic N) is 1. The van der Waals surface area contributed by atoms with Gasteiger partial charge in [0.1, 0.15) is 17.7 Å². The predicted molar refractivity (Wildman–Crippen MR) is 161 cm³/mol. The Bertz CT molecular complexity index is 1110. The number of ether oxygens (including phenoxy) is 1. The first-order valence-corrected chi connectivity index (χ1v) is 14.3. The molecule has 0 bridgehead atoms. The lowest BCUT2D eigenvalue weighted by atomic mass is 9.97. The van der Waals surface area contributed by atoms with Gasteiger partial charge in [0.15, 0.2) is 0 Å². The van der Waals surface area contributed by atoms with E-state index in [1.165, 1.54) is 0 Å². The number of alkyl carbamates (subject to hydrolysis) is 1. The van der Waals surface area contributed by atoms with Crippen LogP contribution < -0.4 is 10.6 Å². The molecule has 0 radical (unpaired) electrons. The largest absolute Gasteiger partial charge is 0.444 e. The lowest BCUT2D eigenvalue weighted by molar-refractivity contribution is -0.143. The van der Waals surface area contributed by atoms with E-state index in [0.717, 1.165) is 36.8 Å². The zero-order valence-corrected chi connectivity index (χ0v) is 25.0. The lowest BCUT2D eigenvalue weighted by Crippen LogP contribution is -2.55. The fourth-order valence-electron chi connectivity index (χ4n) is 4.41. The fraction of sp³-hybridized carbons (Fsp3) is 0.485. The Morgan fingerprint density at radius 2 is 1.70 bits per heavy atom. The van der Waals surface area contributed by atoms with Crippen LogP contribution in [-0.2, 0) is 20.9 Å². The van der Waals surface area contributed by atoms with E-state index in [-0.39, 0.29) is 17.7 Å². The van der Waals surface area contributed by atoms with Crippen LogP contribution in [0.5, 0.6) is 0 Å². The van der Waals surface area contributed by atoms with Crippen LogP contribution in [0.15, 0.2) is 61.2 Å². The summed E-state index contributed by atoms with van der Waals surface area (Å²) in [5, 5.41) is 5.82. The van der Waals surface area contributed by atoms with E-state index < -0.39 is 23.8 Å². The Morgan fingerprint density at radius 3 is 2.30 bits per heavy atom. The smallest absolute Gasteiger partial charge is 0.408 e. The Kier molecular flexibility index (Phi) is 12.9. The van der Waals surface area contributed by atoms with Gasteiger partial charge in [-0.25, -0.2) is 4.79 Å². The molecule has 2 N–H and O–H groups in total. The van der Waals surface area contributed by atoms with Crippen molar-refractivity contribution in [2.45, 2.75) is 91.5 Å². The highest BCUT2D eigenvalue weighted by molar-refractivity contribution is 5.92. The summed E-state index contributed by atoms with van der Waals surface area (Å²) in [5.74, 6) is -0.833. The maximum Gasteiger partial charge on any atom is 0.408 e. The molecule has 0 aliphatic rings. The van der Waals surface area contributed by atoms with Crippen LogP contribution in [0, 0.1) is 5.92 Å².